The molecule has 0 heterocycles. The number of hydrogen-bond acceptors (Lipinski definition) is 2. The van der Waals surface area contributed by atoms with Gasteiger partial charge in [0.2, 0.25) is 0 Å². The minimum absolute atomic E-state index is 0.213. The van der Waals surface area contributed by atoms with Crippen molar-refractivity contribution in [2.75, 3.05) is 11.6 Å². The molecular weight excluding hydrogens is 306 g/mol. The summed E-state index contributed by atoms with van der Waals surface area (Å²) in [6.45, 7) is 1.91. The van der Waals surface area contributed by atoms with Gasteiger partial charge in [-0.3, -0.25) is 9.00 Å². The Balaban J connectivity index is 2.23. The fourth-order valence-corrected chi connectivity index (χ4v) is 2.96. The van der Waals surface area contributed by atoms with E-state index in [1.54, 1.807) is 30.5 Å². The molecule has 0 unspecified atom stereocenters. The van der Waals surface area contributed by atoms with E-state index in [9.17, 15) is 9.00 Å². The van der Waals surface area contributed by atoms with Crippen molar-refractivity contribution in [2.24, 2.45) is 0 Å². The number of carbonyl (C=O) groups is 1. The van der Waals surface area contributed by atoms with Gasteiger partial charge in [0.1, 0.15) is 0 Å². The van der Waals surface area contributed by atoms with E-state index >= 15 is 0 Å². The van der Waals surface area contributed by atoms with Gasteiger partial charge in [-0.15, -0.1) is 0 Å². The molecule has 0 spiro atoms. The first-order valence-electron chi connectivity index (χ1n) is 6.43. The Kier molecular flexibility index (Phi) is 5.15. The van der Waals surface area contributed by atoms with Gasteiger partial charge < -0.3 is 5.32 Å². The highest BCUT2D eigenvalue weighted by molar-refractivity contribution is 7.83. The van der Waals surface area contributed by atoms with Crippen LogP contribution in [0, 0.1) is 6.92 Å². The maximum absolute atomic E-state index is 12.2. The largest absolute Gasteiger partial charge is 0.322 e. The van der Waals surface area contributed by atoms with Gasteiger partial charge in [0.25, 0.3) is 5.91 Å². The first-order valence-corrected chi connectivity index (χ1v) is 8.53. The van der Waals surface area contributed by atoms with E-state index in [1.807, 2.05) is 25.1 Å². The van der Waals surface area contributed by atoms with Gasteiger partial charge in [0, 0.05) is 39.1 Å². The van der Waals surface area contributed by atoms with Gasteiger partial charge in [-0.2, -0.15) is 0 Å². The van der Waals surface area contributed by atoms with Crippen molar-refractivity contribution in [1.29, 1.82) is 0 Å². The molecular formula is C16H16ClNO2S. The van der Waals surface area contributed by atoms with Crippen LogP contribution in [0.2, 0.25) is 5.02 Å². The Morgan fingerprint density at radius 1 is 1.24 bits per heavy atom. The molecule has 1 N–H and O–H groups in total. The van der Waals surface area contributed by atoms with Crippen molar-refractivity contribution >= 4 is 34.0 Å². The molecule has 0 radical (unpaired) electrons. The zero-order valence-electron chi connectivity index (χ0n) is 11.9. The lowest BCUT2D eigenvalue weighted by Crippen LogP contribution is -2.13. The summed E-state index contributed by atoms with van der Waals surface area (Å²) in [6.07, 6.45) is 1.66. The van der Waals surface area contributed by atoms with Gasteiger partial charge >= 0.3 is 0 Å². The van der Waals surface area contributed by atoms with E-state index < -0.39 is 10.8 Å². The number of halogens is 1. The highest BCUT2D eigenvalue weighted by Gasteiger charge is 2.10. The average molecular weight is 322 g/mol. The number of carbonyl (C=O) groups excluding carboxylic acids is 1. The molecule has 0 aliphatic heterocycles. The predicted molar refractivity (Wildman–Crippen MR) is 88.4 cm³/mol. The number of nitrogens with one attached hydrogen (secondary N) is 1. The molecule has 5 heteroatoms. The number of hydrogen-bond donors (Lipinski definition) is 1. The molecule has 0 bridgehead atoms. The first kappa shape index (κ1) is 15.7. The molecule has 21 heavy (non-hydrogen) atoms. The summed E-state index contributed by atoms with van der Waals surface area (Å²) in [5.41, 5.74) is 3.14. The van der Waals surface area contributed by atoms with E-state index in [2.05, 4.69) is 5.32 Å². The highest BCUT2D eigenvalue weighted by Crippen LogP contribution is 2.21. The van der Waals surface area contributed by atoms with E-state index in [1.165, 1.54) is 0 Å². The quantitative estimate of drug-likeness (QED) is 0.931. The van der Waals surface area contributed by atoms with E-state index in [4.69, 9.17) is 11.6 Å². The lowest BCUT2D eigenvalue weighted by molar-refractivity contribution is 0.102. The third-order valence-electron chi connectivity index (χ3n) is 3.14. The fourth-order valence-electron chi connectivity index (χ4n) is 2.02. The molecule has 2 aromatic carbocycles. The molecule has 2 rings (SSSR count). The summed E-state index contributed by atoms with van der Waals surface area (Å²) in [5, 5.41) is 3.39. The predicted octanol–water partition coefficient (Wildman–Crippen LogP) is 3.78. The highest BCUT2D eigenvalue weighted by atomic mass is 35.5. The van der Waals surface area contributed by atoms with Crippen LogP contribution in [0.1, 0.15) is 21.5 Å². The summed E-state index contributed by atoms with van der Waals surface area (Å²) in [6, 6.07) is 12.4. The van der Waals surface area contributed by atoms with Crippen LogP contribution < -0.4 is 5.32 Å². The Hall–Kier alpha value is -1.65. The van der Waals surface area contributed by atoms with Crippen LogP contribution >= 0.6 is 11.6 Å². The fraction of sp³-hybridized carbons (Fsp3) is 0.188. The van der Waals surface area contributed by atoms with E-state index in [-0.39, 0.29) is 5.91 Å². The molecule has 0 saturated heterocycles. The summed E-state index contributed by atoms with van der Waals surface area (Å²) in [4.78, 5) is 12.2. The second-order valence-electron chi connectivity index (χ2n) is 4.77. The molecule has 1 amide bonds. The number of rotatable bonds is 4. The second kappa shape index (κ2) is 6.87. The molecule has 0 aromatic heterocycles. The van der Waals surface area contributed by atoms with E-state index in [0.29, 0.717) is 16.3 Å². The van der Waals surface area contributed by atoms with Gasteiger partial charge in [0.15, 0.2) is 0 Å². The number of benzene rings is 2. The first-order chi connectivity index (χ1) is 9.97. The van der Waals surface area contributed by atoms with Gasteiger partial charge in [-0.05, 0) is 42.3 Å². The summed E-state index contributed by atoms with van der Waals surface area (Å²) in [5.74, 6) is 0.266. The third kappa shape index (κ3) is 4.16. The Bertz CT molecular complexity index is 700. The second-order valence-corrected chi connectivity index (χ2v) is 6.64. The zero-order chi connectivity index (χ0) is 15.4. The summed E-state index contributed by atoms with van der Waals surface area (Å²) < 4.78 is 11.4. The van der Waals surface area contributed by atoms with Crippen LogP contribution in [0.15, 0.2) is 42.5 Å². The monoisotopic (exact) mass is 321 g/mol. The lowest BCUT2D eigenvalue weighted by Gasteiger charge is -2.12. The topological polar surface area (TPSA) is 46.2 Å². The normalized spacial score (nSPS) is 12.0. The number of anilines is 1. The summed E-state index contributed by atoms with van der Waals surface area (Å²) >= 11 is 5.89. The van der Waals surface area contributed by atoms with E-state index in [0.717, 1.165) is 16.8 Å². The Morgan fingerprint density at radius 3 is 2.62 bits per heavy atom. The van der Waals surface area contributed by atoms with Crippen molar-refractivity contribution in [1.82, 2.24) is 0 Å². The third-order valence-corrected chi connectivity index (χ3v) is 4.09. The van der Waals surface area contributed by atoms with Gasteiger partial charge in [0.05, 0.1) is 0 Å². The van der Waals surface area contributed by atoms with Crippen molar-refractivity contribution in [3.8, 4) is 0 Å². The zero-order valence-corrected chi connectivity index (χ0v) is 13.4. The molecule has 0 saturated carbocycles. The van der Waals surface area contributed by atoms with Crippen molar-refractivity contribution in [3.63, 3.8) is 0 Å². The minimum Gasteiger partial charge on any atom is -0.322 e. The van der Waals surface area contributed by atoms with Crippen LogP contribution in [-0.2, 0) is 16.6 Å². The van der Waals surface area contributed by atoms with Crippen molar-refractivity contribution in [2.45, 2.75) is 12.7 Å². The number of amides is 1. The van der Waals surface area contributed by atoms with Crippen LogP contribution in [0.4, 0.5) is 5.69 Å². The van der Waals surface area contributed by atoms with Crippen molar-refractivity contribution < 1.29 is 9.00 Å². The molecule has 3 nitrogen and oxygen atoms in total. The standard InChI is InChI=1S/C16H16ClNO2S/c1-11-13(10-21(2)20)6-4-8-15(11)18-16(19)12-5-3-7-14(17)9-12/h3-9H,10H2,1-2H3,(H,18,19)/t21-/m0/s1. The van der Waals surface area contributed by atoms with Crippen LogP contribution in [0.3, 0.4) is 0 Å². The lowest BCUT2D eigenvalue weighted by atomic mass is 10.1. The SMILES string of the molecule is Cc1c(C[S@](C)=O)cccc1NC(=O)c1cccc(Cl)c1. The maximum Gasteiger partial charge on any atom is 0.255 e. The maximum atomic E-state index is 12.2. The summed E-state index contributed by atoms with van der Waals surface area (Å²) in [7, 11) is -0.917. The Labute approximate surface area is 131 Å². The smallest absolute Gasteiger partial charge is 0.255 e. The van der Waals surface area contributed by atoms with Gasteiger partial charge in [-0.25, -0.2) is 0 Å². The molecule has 0 aliphatic carbocycles. The molecule has 0 aliphatic rings. The molecule has 110 valence electrons. The average Bonchev–Trinajstić information content (AvgIpc) is 2.42. The Morgan fingerprint density at radius 2 is 1.95 bits per heavy atom. The molecule has 0 fully saturated rings. The van der Waals surface area contributed by atoms with Gasteiger partial charge in [-0.1, -0.05) is 29.8 Å². The van der Waals surface area contributed by atoms with Crippen molar-refractivity contribution in [3.05, 3.63) is 64.2 Å². The van der Waals surface area contributed by atoms with Crippen LogP contribution in [-0.4, -0.2) is 16.4 Å². The molecule has 2 aromatic rings. The molecule has 1 atom stereocenters. The minimum atomic E-state index is -0.917. The van der Waals surface area contributed by atoms with Crippen LogP contribution in [0.25, 0.3) is 0 Å². The van der Waals surface area contributed by atoms with Crippen LogP contribution in [0.5, 0.6) is 0 Å².